The third-order valence-electron chi connectivity index (χ3n) is 2.70. The Labute approximate surface area is 121 Å². The van der Waals surface area contributed by atoms with Crippen LogP contribution in [0.5, 0.6) is 5.75 Å². The van der Waals surface area contributed by atoms with E-state index in [0.717, 1.165) is 11.1 Å². The smallest absolute Gasteiger partial charge is 0.343 e. The average molecular weight is 295 g/mol. The Morgan fingerprint density at radius 1 is 1.00 bits per heavy atom. The molecule has 2 rings (SSSR count). The number of halogens is 2. The van der Waals surface area contributed by atoms with Gasteiger partial charge in [0, 0.05) is 0 Å². The molecule has 0 N–H and O–H groups in total. The fraction of sp³-hybridized carbons (Fsp3) is 0.133. The second-order valence-corrected chi connectivity index (χ2v) is 5.10. The van der Waals surface area contributed by atoms with Gasteiger partial charge in [0.2, 0.25) is 0 Å². The van der Waals surface area contributed by atoms with Gasteiger partial charge in [-0.05, 0) is 49.2 Å². The molecule has 2 nitrogen and oxygen atoms in total. The highest BCUT2D eigenvalue weighted by atomic mass is 35.5. The lowest BCUT2D eigenvalue weighted by Crippen LogP contribution is -2.09. The average Bonchev–Trinajstić information content (AvgIpc) is 2.37. The Hall–Kier alpha value is -1.51. The molecular formula is C15H12Cl2O2. The number of carbonyl (C=O) groups excluding carboxylic acids is 1. The predicted molar refractivity (Wildman–Crippen MR) is 77.3 cm³/mol. The Bertz CT molecular complexity index is 636. The zero-order chi connectivity index (χ0) is 14.0. The molecule has 0 unspecified atom stereocenters. The summed E-state index contributed by atoms with van der Waals surface area (Å²) in [5.41, 5.74) is 2.30. The number of aryl methyl sites for hydroxylation is 2. The molecule has 0 saturated carbocycles. The van der Waals surface area contributed by atoms with Crippen LogP contribution in [0.25, 0.3) is 0 Å². The summed E-state index contributed by atoms with van der Waals surface area (Å²) in [6, 6.07) is 10.4. The quantitative estimate of drug-likeness (QED) is 0.586. The lowest BCUT2D eigenvalue weighted by molar-refractivity contribution is 0.0733. The highest BCUT2D eigenvalue weighted by Crippen LogP contribution is 2.24. The van der Waals surface area contributed by atoms with Crippen LogP contribution in [-0.4, -0.2) is 5.97 Å². The second kappa shape index (κ2) is 5.64. The standard InChI is InChI=1S/C15H12Cl2O2/c1-9-3-4-10(2)14(7-9)19-15(18)11-5-6-12(16)13(17)8-11/h3-8H,1-2H3. The van der Waals surface area contributed by atoms with Crippen molar-refractivity contribution in [1.82, 2.24) is 0 Å². The molecule has 0 bridgehead atoms. The van der Waals surface area contributed by atoms with Crippen LogP contribution in [0.3, 0.4) is 0 Å². The summed E-state index contributed by atoms with van der Waals surface area (Å²) in [6.45, 7) is 3.83. The molecule has 2 aromatic rings. The maximum atomic E-state index is 12.0. The largest absolute Gasteiger partial charge is 0.423 e. The normalized spacial score (nSPS) is 10.3. The number of hydrogen-bond donors (Lipinski definition) is 0. The van der Waals surface area contributed by atoms with Crippen molar-refractivity contribution in [2.75, 3.05) is 0 Å². The summed E-state index contributed by atoms with van der Waals surface area (Å²) in [6.07, 6.45) is 0. The van der Waals surface area contributed by atoms with Gasteiger partial charge in [-0.1, -0.05) is 35.3 Å². The zero-order valence-corrected chi connectivity index (χ0v) is 12.0. The van der Waals surface area contributed by atoms with Gasteiger partial charge in [-0.15, -0.1) is 0 Å². The van der Waals surface area contributed by atoms with Gasteiger partial charge in [0.1, 0.15) is 5.75 Å². The lowest BCUT2D eigenvalue weighted by atomic mass is 10.1. The lowest BCUT2D eigenvalue weighted by Gasteiger charge is -2.08. The number of rotatable bonds is 2. The maximum absolute atomic E-state index is 12.0. The van der Waals surface area contributed by atoms with Crippen LogP contribution >= 0.6 is 23.2 Å². The fourth-order valence-corrected chi connectivity index (χ4v) is 1.90. The van der Waals surface area contributed by atoms with E-state index >= 15 is 0 Å². The van der Waals surface area contributed by atoms with E-state index in [9.17, 15) is 4.79 Å². The first kappa shape index (κ1) is 13.9. The molecule has 0 radical (unpaired) electrons. The van der Waals surface area contributed by atoms with Gasteiger partial charge in [0.25, 0.3) is 0 Å². The van der Waals surface area contributed by atoms with Crippen molar-refractivity contribution in [2.45, 2.75) is 13.8 Å². The van der Waals surface area contributed by atoms with Gasteiger partial charge in [0.05, 0.1) is 15.6 Å². The van der Waals surface area contributed by atoms with E-state index in [1.807, 2.05) is 32.0 Å². The third-order valence-corrected chi connectivity index (χ3v) is 3.44. The van der Waals surface area contributed by atoms with Crippen LogP contribution in [0.4, 0.5) is 0 Å². The Kier molecular flexibility index (Phi) is 4.13. The molecule has 2 aromatic carbocycles. The molecule has 4 heteroatoms. The molecule has 0 aliphatic heterocycles. The van der Waals surface area contributed by atoms with Gasteiger partial charge in [-0.2, -0.15) is 0 Å². The minimum Gasteiger partial charge on any atom is -0.423 e. The van der Waals surface area contributed by atoms with E-state index in [4.69, 9.17) is 27.9 Å². The minimum absolute atomic E-state index is 0.331. The van der Waals surface area contributed by atoms with Crippen LogP contribution in [0.1, 0.15) is 21.5 Å². The van der Waals surface area contributed by atoms with Crippen LogP contribution < -0.4 is 4.74 Å². The van der Waals surface area contributed by atoms with Gasteiger partial charge in [0.15, 0.2) is 0 Å². The SMILES string of the molecule is Cc1ccc(C)c(OC(=O)c2ccc(Cl)c(Cl)c2)c1. The first-order chi connectivity index (χ1) is 8.97. The first-order valence-electron chi connectivity index (χ1n) is 5.72. The van der Waals surface area contributed by atoms with Crippen molar-refractivity contribution >= 4 is 29.2 Å². The van der Waals surface area contributed by atoms with Crippen LogP contribution in [0, 0.1) is 13.8 Å². The summed E-state index contributed by atoms with van der Waals surface area (Å²) < 4.78 is 5.37. The van der Waals surface area contributed by atoms with Gasteiger partial charge in [-0.25, -0.2) is 4.79 Å². The van der Waals surface area contributed by atoms with E-state index in [-0.39, 0.29) is 0 Å². The molecule has 0 heterocycles. The van der Waals surface area contributed by atoms with E-state index in [0.29, 0.717) is 21.4 Å². The van der Waals surface area contributed by atoms with Crippen LogP contribution in [0.15, 0.2) is 36.4 Å². The van der Waals surface area contributed by atoms with Crippen LogP contribution in [-0.2, 0) is 0 Å². The summed E-state index contributed by atoms with van der Waals surface area (Å²) in [4.78, 5) is 12.0. The van der Waals surface area contributed by atoms with Gasteiger partial charge < -0.3 is 4.74 Å². The first-order valence-corrected chi connectivity index (χ1v) is 6.47. The molecule has 19 heavy (non-hydrogen) atoms. The van der Waals surface area contributed by atoms with Crippen molar-refractivity contribution in [3.05, 3.63) is 63.1 Å². The zero-order valence-electron chi connectivity index (χ0n) is 10.5. The van der Waals surface area contributed by atoms with Crippen molar-refractivity contribution in [1.29, 1.82) is 0 Å². The van der Waals surface area contributed by atoms with Gasteiger partial charge >= 0.3 is 5.97 Å². The third kappa shape index (κ3) is 3.28. The Morgan fingerprint density at radius 3 is 2.42 bits per heavy atom. The molecule has 0 atom stereocenters. The molecule has 0 spiro atoms. The molecule has 0 aliphatic carbocycles. The van der Waals surface area contributed by atoms with Crippen molar-refractivity contribution in [3.8, 4) is 5.75 Å². The molecule has 98 valence electrons. The van der Waals surface area contributed by atoms with E-state index < -0.39 is 5.97 Å². The minimum atomic E-state index is -0.452. The number of carbonyl (C=O) groups is 1. The molecule has 0 fully saturated rings. The van der Waals surface area contributed by atoms with Crippen molar-refractivity contribution < 1.29 is 9.53 Å². The van der Waals surface area contributed by atoms with Crippen LogP contribution in [0.2, 0.25) is 10.0 Å². The summed E-state index contributed by atoms with van der Waals surface area (Å²) >= 11 is 11.7. The number of ether oxygens (including phenoxy) is 1. The van der Waals surface area contributed by atoms with Crippen molar-refractivity contribution in [3.63, 3.8) is 0 Å². The Balaban J connectivity index is 2.25. The van der Waals surface area contributed by atoms with E-state index in [1.54, 1.807) is 12.1 Å². The number of hydrogen-bond acceptors (Lipinski definition) is 2. The fourth-order valence-electron chi connectivity index (χ4n) is 1.60. The molecule has 0 amide bonds. The highest BCUT2D eigenvalue weighted by Gasteiger charge is 2.12. The van der Waals surface area contributed by atoms with Crippen molar-refractivity contribution in [2.24, 2.45) is 0 Å². The second-order valence-electron chi connectivity index (χ2n) is 4.29. The monoisotopic (exact) mass is 294 g/mol. The molecule has 0 aromatic heterocycles. The van der Waals surface area contributed by atoms with E-state index in [1.165, 1.54) is 6.07 Å². The topological polar surface area (TPSA) is 26.3 Å². The van der Waals surface area contributed by atoms with E-state index in [2.05, 4.69) is 0 Å². The van der Waals surface area contributed by atoms with Gasteiger partial charge in [-0.3, -0.25) is 0 Å². The predicted octanol–water partition coefficient (Wildman–Crippen LogP) is 4.83. The summed E-state index contributed by atoms with van der Waals surface area (Å²) in [5, 5.41) is 0.738. The highest BCUT2D eigenvalue weighted by molar-refractivity contribution is 6.42. The summed E-state index contributed by atoms with van der Waals surface area (Å²) in [7, 11) is 0. The summed E-state index contributed by atoms with van der Waals surface area (Å²) in [5.74, 6) is 0.100. The number of benzene rings is 2. The molecular weight excluding hydrogens is 283 g/mol. The number of esters is 1. The molecule has 0 aliphatic rings. The Morgan fingerprint density at radius 2 is 1.74 bits per heavy atom. The maximum Gasteiger partial charge on any atom is 0.343 e. The molecule has 0 saturated heterocycles.